The van der Waals surface area contributed by atoms with Gasteiger partial charge in [0.1, 0.15) is 11.6 Å². The molecule has 0 spiro atoms. The zero-order valence-corrected chi connectivity index (χ0v) is 9.75. The molecule has 82 valence electrons. The molecule has 1 heterocycles. The molecule has 3 atom stereocenters. The van der Waals surface area contributed by atoms with Crippen molar-refractivity contribution in [3.05, 3.63) is 18.1 Å². The molecule has 1 saturated carbocycles. The number of nitrogens with two attached hydrogens (primary N) is 1. The van der Waals surface area contributed by atoms with Crippen molar-refractivity contribution in [3.8, 4) is 0 Å². The molecule has 0 aliphatic heterocycles. The van der Waals surface area contributed by atoms with Crippen molar-refractivity contribution in [3.63, 3.8) is 0 Å². The van der Waals surface area contributed by atoms with Gasteiger partial charge in [0.05, 0.1) is 0 Å². The van der Waals surface area contributed by atoms with Crippen LogP contribution in [0.15, 0.2) is 12.3 Å². The SMILES string of the molecule is Nc1ccnc(C2CC(Cl)CCC2Cl)n1. The number of alkyl halides is 2. The fourth-order valence-corrected chi connectivity index (χ4v) is 2.58. The van der Waals surface area contributed by atoms with Gasteiger partial charge >= 0.3 is 0 Å². The Hall–Kier alpha value is -0.540. The molecular formula is C10H13Cl2N3. The van der Waals surface area contributed by atoms with Crippen molar-refractivity contribution >= 4 is 29.0 Å². The summed E-state index contributed by atoms with van der Waals surface area (Å²) >= 11 is 12.4. The monoisotopic (exact) mass is 245 g/mol. The molecule has 3 nitrogen and oxygen atoms in total. The number of hydrogen-bond acceptors (Lipinski definition) is 3. The van der Waals surface area contributed by atoms with Crippen LogP contribution in [0, 0.1) is 0 Å². The van der Waals surface area contributed by atoms with Crippen molar-refractivity contribution in [1.29, 1.82) is 0 Å². The summed E-state index contributed by atoms with van der Waals surface area (Å²) in [5.41, 5.74) is 5.62. The minimum atomic E-state index is 0.0711. The second-order valence-corrected chi connectivity index (χ2v) is 5.05. The molecule has 2 rings (SSSR count). The van der Waals surface area contributed by atoms with E-state index in [1.54, 1.807) is 12.3 Å². The van der Waals surface area contributed by atoms with E-state index in [1.807, 2.05) is 0 Å². The molecule has 1 fully saturated rings. The Balaban J connectivity index is 2.21. The molecule has 1 aromatic rings. The van der Waals surface area contributed by atoms with Crippen LogP contribution in [-0.4, -0.2) is 20.7 Å². The van der Waals surface area contributed by atoms with Gasteiger partial charge in [-0.1, -0.05) is 0 Å². The van der Waals surface area contributed by atoms with Gasteiger partial charge in [-0.05, 0) is 25.3 Å². The van der Waals surface area contributed by atoms with E-state index in [1.165, 1.54) is 0 Å². The van der Waals surface area contributed by atoms with Crippen LogP contribution in [0.2, 0.25) is 0 Å². The molecule has 0 bridgehead atoms. The molecule has 0 amide bonds. The van der Waals surface area contributed by atoms with Gasteiger partial charge in [0, 0.05) is 22.9 Å². The second-order valence-electron chi connectivity index (χ2n) is 3.87. The Labute approximate surface area is 99.0 Å². The molecule has 3 unspecified atom stereocenters. The number of anilines is 1. The number of halogens is 2. The normalized spacial score (nSPS) is 31.5. The van der Waals surface area contributed by atoms with Gasteiger partial charge in [0.25, 0.3) is 0 Å². The van der Waals surface area contributed by atoms with Gasteiger partial charge in [0.15, 0.2) is 0 Å². The molecule has 0 aromatic carbocycles. The van der Waals surface area contributed by atoms with Gasteiger partial charge < -0.3 is 5.73 Å². The first-order chi connectivity index (χ1) is 7.16. The third-order valence-corrected chi connectivity index (χ3v) is 3.65. The number of hydrogen-bond donors (Lipinski definition) is 1. The van der Waals surface area contributed by atoms with E-state index in [4.69, 9.17) is 28.9 Å². The van der Waals surface area contributed by atoms with Crippen LogP contribution in [-0.2, 0) is 0 Å². The average Bonchev–Trinajstić information content (AvgIpc) is 2.22. The first-order valence-electron chi connectivity index (χ1n) is 5.03. The topological polar surface area (TPSA) is 51.8 Å². The van der Waals surface area contributed by atoms with E-state index < -0.39 is 0 Å². The van der Waals surface area contributed by atoms with Crippen LogP contribution in [0.4, 0.5) is 5.82 Å². The Bertz CT molecular complexity index is 345. The van der Waals surface area contributed by atoms with Crippen LogP contribution in [0.25, 0.3) is 0 Å². The molecule has 15 heavy (non-hydrogen) atoms. The first-order valence-corrected chi connectivity index (χ1v) is 5.90. The van der Waals surface area contributed by atoms with Gasteiger partial charge in [-0.2, -0.15) is 0 Å². The van der Waals surface area contributed by atoms with Gasteiger partial charge in [-0.25, -0.2) is 9.97 Å². The summed E-state index contributed by atoms with van der Waals surface area (Å²) in [6.07, 6.45) is 4.38. The Morgan fingerprint density at radius 3 is 2.87 bits per heavy atom. The Morgan fingerprint density at radius 2 is 2.13 bits per heavy atom. The zero-order chi connectivity index (χ0) is 10.8. The zero-order valence-electron chi connectivity index (χ0n) is 8.24. The van der Waals surface area contributed by atoms with Gasteiger partial charge in [-0.15, -0.1) is 23.2 Å². The highest BCUT2D eigenvalue weighted by molar-refractivity contribution is 6.22. The number of nitrogen functional groups attached to an aromatic ring is 1. The highest BCUT2D eigenvalue weighted by Gasteiger charge is 2.31. The van der Waals surface area contributed by atoms with Crippen LogP contribution in [0.1, 0.15) is 31.0 Å². The molecule has 2 N–H and O–H groups in total. The summed E-state index contributed by atoms with van der Waals surface area (Å²) in [6, 6.07) is 1.67. The van der Waals surface area contributed by atoms with Crippen molar-refractivity contribution in [2.45, 2.75) is 35.9 Å². The van der Waals surface area contributed by atoms with Crippen LogP contribution < -0.4 is 5.73 Å². The van der Waals surface area contributed by atoms with E-state index in [2.05, 4.69) is 9.97 Å². The smallest absolute Gasteiger partial charge is 0.135 e. The number of rotatable bonds is 1. The van der Waals surface area contributed by atoms with E-state index in [0.717, 1.165) is 25.1 Å². The van der Waals surface area contributed by atoms with E-state index in [-0.39, 0.29) is 16.7 Å². The molecular weight excluding hydrogens is 233 g/mol. The molecule has 1 aromatic heterocycles. The highest BCUT2D eigenvalue weighted by Crippen LogP contribution is 2.37. The van der Waals surface area contributed by atoms with E-state index in [0.29, 0.717) is 5.82 Å². The average molecular weight is 246 g/mol. The van der Waals surface area contributed by atoms with Crippen molar-refractivity contribution in [2.75, 3.05) is 5.73 Å². The predicted octanol–water partition coefficient (Wildman–Crippen LogP) is 2.54. The van der Waals surface area contributed by atoms with E-state index >= 15 is 0 Å². The lowest BCUT2D eigenvalue weighted by Gasteiger charge is -2.28. The summed E-state index contributed by atoms with van der Waals surface area (Å²) in [4.78, 5) is 8.42. The van der Waals surface area contributed by atoms with Crippen LogP contribution >= 0.6 is 23.2 Å². The molecule has 0 radical (unpaired) electrons. The maximum atomic E-state index is 6.26. The van der Waals surface area contributed by atoms with Crippen LogP contribution in [0.5, 0.6) is 0 Å². The highest BCUT2D eigenvalue weighted by atomic mass is 35.5. The summed E-state index contributed by atoms with van der Waals surface area (Å²) in [5.74, 6) is 1.34. The lowest BCUT2D eigenvalue weighted by molar-refractivity contribution is 0.441. The summed E-state index contributed by atoms with van der Waals surface area (Å²) < 4.78 is 0. The largest absolute Gasteiger partial charge is 0.384 e. The quantitative estimate of drug-likeness (QED) is 0.774. The minimum absolute atomic E-state index is 0.0711. The molecule has 1 aliphatic carbocycles. The van der Waals surface area contributed by atoms with Gasteiger partial charge in [0.2, 0.25) is 0 Å². The number of nitrogens with zero attached hydrogens (tertiary/aromatic N) is 2. The second kappa shape index (κ2) is 4.54. The lowest BCUT2D eigenvalue weighted by atomic mass is 9.87. The predicted molar refractivity (Wildman–Crippen MR) is 62.3 cm³/mol. The maximum Gasteiger partial charge on any atom is 0.135 e. The molecule has 1 aliphatic rings. The molecule has 0 saturated heterocycles. The fraction of sp³-hybridized carbons (Fsp3) is 0.600. The Kier molecular flexibility index (Phi) is 3.32. The van der Waals surface area contributed by atoms with Crippen LogP contribution in [0.3, 0.4) is 0 Å². The standard InChI is InChI=1S/C10H13Cl2N3/c11-6-1-2-8(12)7(5-6)10-14-4-3-9(13)15-10/h3-4,6-8H,1-2,5H2,(H2,13,14,15). The van der Waals surface area contributed by atoms with E-state index in [9.17, 15) is 0 Å². The Morgan fingerprint density at radius 1 is 1.33 bits per heavy atom. The minimum Gasteiger partial charge on any atom is -0.384 e. The van der Waals surface area contributed by atoms with Crippen molar-refractivity contribution in [1.82, 2.24) is 9.97 Å². The summed E-state index contributed by atoms with van der Waals surface area (Å²) in [7, 11) is 0. The maximum absolute atomic E-state index is 6.26. The summed E-state index contributed by atoms with van der Waals surface area (Å²) in [6.45, 7) is 0. The third kappa shape index (κ3) is 2.52. The number of aromatic nitrogens is 2. The fourth-order valence-electron chi connectivity index (χ4n) is 1.92. The molecule has 5 heteroatoms. The van der Waals surface area contributed by atoms with Crippen molar-refractivity contribution < 1.29 is 0 Å². The van der Waals surface area contributed by atoms with Crippen molar-refractivity contribution in [2.24, 2.45) is 0 Å². The first kappa shape index (κ1) is 11.0. The lowest BCUT2D eigenvalue weighted by Crippen LogP contribution is -2.25. The van der Waals surface area contributed by atoms with Gasteiger partial charge in [-0.3, -0.25) is 0 Å². The third-order valence-electron chi connectivity index (χ3n) is 2.73. The summed E-state index contributed by atoms with van der Waals surface area (Å²) in [5, 5.41) is 0.247.